The highest BCUT2D eigenvalue weighted by molar-refractivity contribution is 6.04. The summed E-state index contributed by atoms with van der Waals surface area (Å²) < 4.78 is 0. The third-order valence-electron chi connectivity index (χ3n) is 2.32. The van der Waals surface area contributed by atoms with Crippen molar-refractivity contribution in [3.8, 4) is 0 Å². The van der Waals surface area contributed by atoms with Gasteiger partial charge in [0.15, 0.2) is 0 Å². The SMILES string of the molecule is CCC1C(=O)NC(=O)CN1C(=O)NC(C)C. The first kappa shape index (κ1) is 12.5. The molecule has 6 heteroatoms. The molecule has 1 aliphatic rings. The van der Waals surface area contributed by atoms with E-state index in [4.69, 9.17) is 0 Å². The summed E-state index contributed by atoms with van der Waals surface area (Å²) in [4.78, 5) is 35.7. The fraction of sp³-hybridized carbons (Fsp3) is 0.700. The van der Waals surface area contributed by atoms with Gasteiger partial charge in [0.25, 0.3) is 0 Å². The summed E-state index contributed by atoms with van der Waals surface area (Å²) in [5, 5.41) is 4.89. The van der Waals surface area contributed by atoms with E-state index in [1.807, 2.05) is 13.8 Å². The minimum absolute atomic E-state index is 0.0231. The van der Waals surface area contributed by atoms with Crippen LogP contribution < -0.4 is 10.6 Å². The van der Waals surface area contributed by atoms with E-state index in [2.05, 4.69) is 10.6 Å². The van der Waals surface area contributed by atoms with Crippen LogP contribution in [0, 0.1) is 0 Å². The molecule has 16 heavy (non-hydrogen) atoms. The lowest BCUT2D eigenvalue weighted by Crippen LogP contribution is -2.61. The van der Waals surface area contributed by atoms with Crippen LogP contribution in [0.15, 0.2) is 0 Å². The van der Waals surface area contributed by atoms with Gasteiger partial charge in [-0.15, -0.1) is 0 Å². The molecule has 1 fully saturated rings. The van der Waals surface area contributed by atoms with Gasteiger partial charge in [0.2, 0.25) is 11.8 Å². The van der Waals surface area contributed by atoms with Crippen molar-refractivity contribution in [1.29, 1.82) is 0 Å². The fourth-order valence-corrected chi connectivity index (χ4v) is 1.62. The Hall–Kier alpha value is -1.59. The van der Waals surface area contributed by atoms with Gasteiger partial charge in [-0.1, -0.05) is 6.92 Å². The maximum absolute atomic E-state index is 11.8. The van der Waals surface area contributed by atoms with Gasteiger partial charge >= 0.3 is 6.03 Å². The van der Waals surface area contributed by atoms with E-state index in [-0.39, 0.29) is 18.6 Å². The highest BCUT2D eigenvalue weighted by atomic mass is 16.2. The first-order valence-corrected chi connectivity index (χ1v) is 5.36. The van der Waals surface area contributed by atoms with Crippen molar-refractivity contribution in [1.82, 2.24) is 15.5 Å². The Labute approximate surface area is 94.4 Å². The van der Waals surface area contributed by atoms with E-state index in [0.29, 0.717) is 6.42 Å². The van der Waals surface area contributed by atoms with Crippen LogP contribution in [0.25, 0.3) is 0 Å². The molecule has 4 amide bonds. The van der Waals surface area contributed by atoms with E-state index >= 15 is 0 Å². The molecule has 0 aromatic heterocycles. The third-order valence-corrected chi connectivity index (χ3v) is 2.32. The number of carbonyl (C=O) groups is 3. The molecule has 0 spiro atoms. The summed E-state index contributed by atoms with van der Waals surface area (Å²) in [7, 11) is 0. The molecule has 0 bridgehead atoms. The van der Waals surface area contributed by atoms with Crippen LogP contribution in [0.5, 0.6) is 0 Å². The van der Waals surface area contributed by atoms with Gasteiger partial charge < -0.3 is 10.2 Å². The first-order chi connectivity index (χ1) is 7.45. The lowest BCUT2D eigenvalue weighted by Gasteiger charge is -2.33. The molecule has 1 heterocycles. The largest absolute Gasteiger partial charge is 0.336 e. The molecule has 0 aromatic rings. The molecule has 2 N–H and O–H groups in total. The molecular formula is C10H17N3O3. The predicted molar refractivity (Wildman–Crippen MR) is 57.6 cm³/mol. The predicted octanol–water partition coefficient (Wildman–Crippen LogP) is -0.159. The van der Waals surface area contributed by atoms with E-state index in [0.717, 1.165) is 0 Å². The first-order valence-electron chi connectivity index (χ1n) is 5.36. The molecule has 6 nitrogen and oxygen atoms in total. The molecule has 1 saturated heterocycles. The number of urea groups is 1. The molecule has 0 radical (unpaired) electrons. The Kier molecular flexibility index (Phi) is 3.87. The van der Waals surface area contributed by atoms with Crippen LogP contribution in [-0.2, 0) is 9.59 Å². The van der Waals surface area contributed by atoms with Gasteiger partial charge in [-0.2, -0.15) is 0 Å². The van der Waals surface area contributed by atoms with Crippen LogP contribution in [0.3, 0.4) is 0 Å². The highest BCUT2D eigenvalue weighted by Gasteiger charge is 2.35. The number of amides is 4. The minimum Gasteiger partial charge on any atom is -0.336 e. The number of carbonyl (C=O) groups excluding carboxylic acids is 3. The number of nitrogens with zero attached hydrogens (tertiary/aromatic N) is 1. The van der Waals surface area contributed by atoms with Crippen LogP contribution >= 0.6 is 0 Å². The molecule has 1 atom stereocenters. The van der Waals surface area contributed by atoms with Crippen molar-refractivity contribution in [3.05, 3.63) is 0 Å². The molecule has 90 valence electrons. The summed E-state index contributed by atoms with van der Waals surface area (Å²) in [6.45, 7) is 5.38. The Morgan fingerprint density at radius 3 is 2.69 bits per heavy atom. The summed E-state index contributed by atoms with van der Waals surface area (Å²) >= 11 is 0. The van der Waals surface area contributed by atoms with E-state index < -0.39 is 17.9 Å². The van der Waals surface area contributed by atoms with E-state index in [9.17, 15) is 14.4 Å². The second-order valence-electron chi connectivity index (χ2n) is 4.07. The van der Waals surface area contributed by atoms with Crippen molar-refractivity contribution >= 4 is 17.8 Å². The molecule has 1 rings (SSSR count). The second-order valence-corrected chi connectivity index (χ2v) is 4.07. The van der Waals surface area contributed by atoms with Crippen molar-refractivity contribution in [2.75, 3.05) is 6.54 Å². The average Bonchev–Trinajstić information content (AvgIpc) is 2.15. The lowest BCUT2D eigenvalue weighted by atomic mass is 10.1. The van der Waals surface area contributed by atoms with Gasteiger partial charge in [0.05, 0.1) is 0 Å². The molecule has 1 unspecified atom stereocenters. The zero-order valence-corrected chi connectivity index (χ0v) is 9.74. The van der Waals surface area contributed by atoms with E-state index in [1.165, 1.54) is 4.90 Å². The average molecular weight is 227 g/mol. The van der Waals surface area contributed by atoms with Crippen molar-refractivity contribution in [2.45, 2.75) is 39.3 Å². The van der Waals surface area contributed by atoms with Gasteiger partial charge in [-0.25, -0.2) is 4.79 Å². The zero-order valence-electron chi connectivity index (χ0n) is 9.74. The third kappa shape index (κ3) is 2.71. The summed E-state index contributed by atoms with van der Waals surface area (Å²) in [5.41, 5.74) is 0. The molecule has 0 saturated carbocycles. The van der Waals surface area contributed by atoms with Gasteiger partial charge in [-0.3, -0.25) is 14.9 Å². The molecular weight excluding hydrogens is 210 g/mol. The van der Waals surface area contributed by atoms with Crippen molar-refractivity contribution < 1.29 is 14.4 Å². The lowest BCUT2D eigenvalue weighted by molar-refractivity contribution is -0.138. The van der Waals surface area contributed by atoms with Crippen LogP contribution in [0.2, 0.25) is 0 Å². The second kappa shape index (κ2) is 4.96. The fourth-order valence-electron chi connectivity index (χ4n) is 1.62. The van der Waals surface area contributed by atoms with Crippen LogP contribution in [-0.4, -0.2) is 41.4 Å². The van der Waals surface area contributed by atoms with Gasteiger partial charge in [0.1, 0.15) is 12.6 Å². The number of hydrogen-bond acceptors (Lipinski definition) is 3. The van der Waals surface area contributed by atoms with Crippen LogP contribution in [0.1, 0.15) is 27.2 Å². The van der Waals surface area contributed by atoms with Gasteiger partial charge in [-0.05, 0) is 20.3 Å². The minimum atomic E-state index is -0.559. The van der Waals surface area contributed by atoms with Crippen molar-refractivity contribution in [3.63, 3.8) is 0 Å². The zero-order chi connectivity index (χ0) is 12.3. The quantitative estimate of drug-likeness (QED) is 0.643. The standard InChI is InChI=1S/C10H17N3O3/c1-4-7-9(15)12-8(14)5-13(7)10(16)11-6(2)3/h6-7H,4-5H2,1-3H3,(H,11,16)(H,12,14,15). The van der Waals surface area contributed by atoms with Crippen LogP contribution in [0.4, 0.5) is 4.79 Å². The van der Waals surface area contributed by atoms with Crippen molar-refractivity contribution in [2.24, 2.45) is 0 Å². The van der Waals surface area contributed by atoms with Gasteiger partial charge in [0, 0.05) is 6.04 Å². The Balaban J connectivity index is 2.77. The number of hydrogen-bond donors (Lipinski definition) is 2. The maximum Gasteiger partial charge on any atom is 0.318 e. The smallest absolute Gasteiger partial charge is 0.318 e. The Morgan fingerprint density at radius 2 is 2.19 bits per heavy atom. The van der Waals surface area contributed by atoms with E-state index in [1.54, 1.807) is 6.92 Å². The number of piperazine rings is 1. The number of nitrogens with one attached hydrogen (secondary N) is 2. The number of imide groups is 1. The highest BCUT2D eigenvalue weighted by Crippen LogP contribution is 2.09. The number of rotatable bonds is 2. The summed E-state index contributed by atoms with van der Waals surface area (Å²) in [6, 6.07) is -0.952. The Morgan fingerprint density at radius 1 is 1.56 bits per heavy atom. The Bertz CT molecular complexity index is 314. The summed E-state index contributed by atoms with van der Waals surface area (Å²) in [5.74, 6) is -0.841. The monoisotopic (exact) mass is 227 g/mol. The summed E-state index contributed by atoms with van der Waals surface area (Å²) in [6.07, 6.45) is 0.491. The topological polar surface area (TPSA) is 78.5 Å². The molecule has 0 aliphatic carbocycles. The normalized spacial score (nSPS) is 21.0. The maximum atomic E-state index is 11.8. The molecule has 1 aliphatic heterocycles. The molecule has 0 aromatic carbocycles.